The number of hydrogen-bond acceptors (Lipinski definition) is 3. The number of piperazine rings is 1. The molecule has 0 amide bonds. The molecule has 24 heavy (non-hydrogen) atoms. The van der Waals surface area contributed by atoms with Gasteiger partial charge in [0, 0.05) is 37.1 Å². The summed E-state index contributed by atoms with van der Waals surface area (Å²) < 4.78 is 14.7. The van der Waals surface area contributed by atoms with E-state index in [0.29, 0.717) is 11.7 Å². The van der Waals surface area contributed by atoms with Crippen molar-refractivity contribution < 1.29 is 4.39 Å². The van der Waals surface area contributed by atoms with Crippen LogP contribution in [-0.4, -0.2) is 37.6 Å². The summed E-state index contributed by atoms with van der Waals surface area (Å²) in [5.41, 5.74) is 4.86. The number of halogens is 1. The third kappa shape index (κ3) is 3.39. The van der Waals surface area contributed by atoms with Crippen LogP contribution in [0, 0.1) is 19.7 Å². The van der Waals surface area contributed by atoms with Crippen LogP contribution < -0.4 is 10.2 Å². The van der Waals surface area contributed by atoms with E-state index in [1.807, 2.05) is 18.2 Å². The quantitative estimate of drug-likeness (QED) is 0.905. The molecule has 0 radical (unpaired) electrons. The number of aryl methyl sites for hydroxylation is 2. The Kier molecular flexibility index (Phi) is 4.76. The zero-order valence-electron chi connectivity index (χ0n) is 14.9. The predicted molar refractivity (Wildman–Crippen MR) is 99.9 cm³/mol. The Morgan fingerprint density at radius 1 is 1.08 bits per heavy atom. The number of anilines is 3. The van der Waals surface area contributed by atoms with Gasteiger partial charge in [0.15, 0.2) is 0 Å². The lowest BCUT2D eigenvalue weighted by Gasteiger charge is -2.39. The van der Waals surface area contributed by atoms with Gasteiger partial charge in [-0.1, -0.05) is 18.2 Å². The van der Waals surface area contributed by atoms with E-state index in [1.165, 1.54) is 0 Å². The molecule has 3 nitrogen and oxygen atoms in total. The highest BCUT2D eigenvalue weighted by Gasteiger charge is 2.22. The molecule has 0 aliphatic carbocycles. The van der Waals surface area contributed by atoms with E-state index in [-0.39, 0.29) is 5.82 Å². The third-order valence-corrected chi connectivity index (χ3v) is 5.00. The van der Waals surface area contributed by atoms with E-state index in [9.17, 15) is 4.39 Å². The molecule has 4 heteroatoms. The van der Waals surface area contributed by atoms with Crippen molar-refractivity contribution in [3.8, 4) is 0 Å². The molecule has 1 heterocycles. The minimum Gasteiger partial charge on any atom is -0.366 e. The van der Waals surface area contributed by atoms with Crippen molar-refractivity contribution in [3.05, 3.63) is 53.3 Å². The van der Waals surface area contributed by atoms with Crippen molar-refractivity contribution in [2.24, 2.45) is 0 Å². The third-order valence-electron chi connectivity index (χ3n) is 5.00. The van der Waals surface area contributed by atoms with E-state index in [4.69, 9.17) is 0 Å². The van der Waals surface area contributed by atoms with Crippen molar-refractivity contribution >= 4 is 17.1 Å². The van der Waals surface area contributed by atoms with Crippen LogP contribution in [0.2, 0.25) is 0 Å². The number of nitrogens with zero attached hydrogens (tertiary/aromatic N) is 2. The zero-order valence-corrected chi connectivity index (χ0v) is 14.9. The molecule has 0 saturated carbocycles. The van der Waals surface area contributed by atoms with E-state index in [1.54, 1.807) is 6.07 Å². The number of para-hydroxylation sites is 1. The van der Waals surface area contributed by atoms with Gasteiger partial charge in [-0.3, -0.25) is 0 Å². The van der Waals surface area contributed by atoms with Gasteiger partial charge < -0.3 is 15.1 Å². The standard InChI is InChI=1S/C20H26FN3/c1-14-6-5-7-15(2)20(14)22-17-8-9-19(18(21)12-17)24-11-10-23(4)16(3)13-24/h5-9,12,16,22H,10-11,13H2,1-4H3. The Balaban J connectivity index is 1.80. The molecule has 1 aliphatic rings. The smallest absolute Gasteiger partial charge is 0.148 e. The van der Waals surface area contributed by atoms with E-state index in [0.717, 1.165) is 42.1 Å². The summed E-state index contributed by atoms with van der Waals surface area (Å²) in [6.07, 6.45) is 0. The second-order valence-electron chi connectivity index (χ2n) is 6.83. The lowest BCUT2D eigenvalue weighted by molar-refractivity contribution is 0.233. The molecule has 1 atom stereocenters. The molecule has 1 N–H and O–H groups in total. The van der Waals surface area contributed by atoms with Gasteiger partial charge in [0.1, 0.15) is 5.82 Å². The minimum absolute atomic E-state index is 0.164. The maximum absolute atomic E-state index is 14.7. The van der Waals surface area contributed by atoms with Crippen LogP contribution in [0.15, 0.2) is 36.4 Å². The molecule has 2 aromatic rings. The summed E-state index contributed by atoms with van der Waals surface area (Å²) in [6, 6.07) is 12.1. The molecule has 0 bridgehead atoms. The molecule has 1 aliphatic heterocycles. The summed E-state index contributed by atoms with van der Waals surface area (Å²) >= 11 is 0. The molecule has 2 aromatic carbocycles. The molecule has 1 saturated heterocycles. The largest absolute Gasteiger partial charge is 0.366 e. The highest BCUT2D eigenvalue weighted by molar-refractivity contribution is 5.68. The Labute approximate surface area is 144 Å². The SMILES string of the molecule is Cc1cccc(C)c1Nc1ccc(N2CCN(C)C(C)C2)c(F)c1. The van der Waals surface area contributed by atoms with Gasteiger partial charge in [0.25, 0.3) is 0 Å². The number of benzene rings is 2. The van der Waals surface area contributed by atoms with Crippen LogP contribution in [0.5, 0.6) is 0 Å². The number of nitrogens with one attached hydrogen (secondary N) is 1. The molecule has 0 aromatic heterocycles. The van der Waals surface area contributed by atoms with Crippen molar-refractivity contribution in [3.63, 3.8) is 0 Å². The first-order chi connectivity index (χ1) is 11.5. The average molecular weight is 327 g/mol. The fraction of sp³-hybridized carbons (Fsp3) is 0.400. The number of likely N-dealkylation sites (N-methyl/N-ethyl adjacent to an activating group) is 1. The van der Waals surface area contributed by atoms with Crippen molar-refractivity contribution in [2.75, 3.05) is 36.9 Å². The van der Waals surface area contributed by atoms with Gasteiger partial charge >= 0.3 is 0 Å². The van der Waals surface area contributed by atoms with Gasteiger partial charge in [-0.2, -0.15) is 0 Å². The Morgan fingerprint density at radius 2 is 1.79 bits per heavy atom. The van der Waals surface area contributed by atoms with Crippen LogP contribution in [0.1, 0.15) is 18.1 Å². The first-order valence-electron chi connectivity index (χ1n) is 8.53. The van der Waals surface area contributed by atoms with E-state index >= 15 is 0 Å². The average Bonchev–Trinajstić information content (AvgIpc) is 2.54. The summed E-state index contributed by atoms with van der Waals surface area (Å²) in [5.74, 6) is -0.164. The second kappa shape index (κ2) is 6.81. The van der Waals surface area contributed by atoms with Crippen molar-refractivity contribution in [2.45, 2.75) is 26.8 Å². The van der Waals surface area contributed by atoms with Crippen LogP contribution in [0.3, 0.4) is 0 Å². The summed E-state index contributed by atoms with van der Waals surface area (Å²) in [7, 11) is 2.12. The topological polar surface area (TPSA) is 18.5 Å². The van der Waals surface area contributed by atoms with Gasteiger partial charge in [0.2, 0.25) is 0 Å². The summed E-state index contributed by atoms with van der Waals surface area (Å²) in [5, 5.41) is 3.36. The molecule has 128 valence electrons. The van der Waals surface area contributed by atoms with Crippen LogP contribution >= 0.6 is 0 Å². The lowest BCUT2D eigenvalue weighted by atomic mass is 10.1. The normalized spacial score (nSPS) is 18.7. The summed E-state index contributed by atoms with van der Waals surface area (Å²) in [6.45, 7) is 8.99. The fourth-order valence-electron chi connectivity index (χ4n) is 3.26. The van der Waals surface area contributed by atoms with Crippen molar-refractivity contribution in [1.29, 1.82) is 0 Å². The van der Waals surface area contributed by atoms with Crippen LogP contribution in [-0.2, 0) is 0 Å². The number of hydrogen-bond donors (Lipinski definition) is 1. The van der Waals surface area contributed by atoms with Crippen molar-refractivity contribution in [1.82, 2.24) is 4.90 Å². The highest BCUT2D eigenvalue weighted by Crippen LogP contribution is 2.29. The second-order valence-corrected chi connectivity index (χ2v) is 6.83. The Hall–Kier alpha value is -2.07. The molecule has 1 fully saturated rings. The maximum Gasteiger partial charge on any atom is 0.148 e. The maximum atomic E-state index is 14.7. The zero-order chi connectivity index (χ0) is 17.3. The predicted octanol–water partition coefficient (Wildman–Crippen LogP) is 4.33. The monoisotopic (exact) mass is 327 g/mol. The Morgan fingerprint density at radius 3 is 2.42 bits per heavy atom. The highest BCUT2D eigenvalue weighted by atomic mass is 19.1. The first kappa shape index (κ1) is 16.8. The molecule has 0 spiro atoms. The summed E-state index contributed by atoms with van der Waals surface area (Å²) in [4.78, 5) is 4.45. The van der Waals surface area contributed by atoms with Gasteiger partial charge in [-0.15, -0.1) is 0 Å². The number of rotatable bonds is 3. The van der Waals surface area contributed by atoms with Crippen LogP contribution in [0.4, 0.5) is 21.5 Å². The van der Waals surface area contributed by atoms with Gasteiger partial charge in [0.05, 0.1) is 5.69 Å². The lowest BCUT2D eigenvalue weighted by Crippen LogP contribution is -2.50. The van der Waals surface area contributed by atoms with E-state index in [2.05, 4.69) is 55.1 Å². The van der Waals surface area contributed by atoms with E-state index < -0.39 is 0 Å². The van der Waals surface area contributed by atoms with Gasteiger partial charge in [-0.25, -0.2) is 4.39 Å². The Bertz CT molecular complexity index is 709. The molecule has 1 unspecified atom stereocenters. The molecular weight excluding hydrogens is 301 g/mol. The molecular formula is C20H26FN3. The van der Waals surface area contributed by atoms with Gasteiger partial charge in [-0.05, 0) is 57.1 Å². The minimum atomic E-state index is -0.164. The fourth-order valence-corrected chi connectivity index (χ4v) is 3.26. The van der Waals surface area contributed by atoms with Crippen LogP contribution in [0.25, 0.3) is 0 Å². The molecule has 3 rings (SSSR count). The first-order valence-corrected chi connectivity index (χ1v) is 8.53.